The van der Waals surface area contributed by atoms with Crippen molar-refractivity contribution in [2.24, 2.45) is 17.1 Å². The average Bonchev–Trinajstić information content (AvgIpc) is 1.60. The highest BCUT2D eigenvalue weighted by Gasteiger charge is 2.53. The first-order valence-electron chi connectivity index (χ1n) is 4.01. The highest BCUT2D eigenvalue weighted by molar-refractivity contribution is 5.85. The molecular formula is C8H16ClN. The van der Waals surface area contributed by atoms with Crippen LogP contribution in [0.2, 0.25) is 0 Å². The summed E-state index contributed by atoms with van der Waals surface area (Å²) in [4.78, 5) is 0. The summed E-state index contributed by atoms with van der Waals surface area (Å²) in [6.45, 7) is 2.35. The van der Waals surface area contributed by atoms with E-state index in [9.17, 15) is 0 Å². The third kappa shape index (κ3) is 0.737. The standard InChI is InChI=1S/C8H15N.ClH/c1-6-5-7(9)8(6)3-2-4-8;/h6-7H,2-5,9H2,1H3;1H. The van der Waals surface area contributed by atoms with E-state index < -0.39 is 0 Å². The molecule has 1 spiro atoms. The molecule has 0 radical (unpaired) electrons. The fraction of sp³-hybridized carbons (Fsp3) is 1.00. The third-order valence-electron chi connectivity index (χ3n) is 3.61. The molecule has 0 aromatic rings. The summed E-state index contributed by atoms with van der Waals surface area (Å²) in [5, 5.41) is 0. The van der Waals surface area contributed by atoms with E-state index in [1.54, 1.807) is 0 Å². The molecule has 0 saturated heterocycles. The molecule has 2 saturated carbocycles. The molecule has 2 unspecified atom stereocenters. The van der Waals surface area contributed by atoms with Gasteiger partial charge in [0.1, 0.15) is 0 Å². The number of hydrogen-bond donors (Lipinski definition) is 1. The maximum absolute atomic E-state index is 5.91. The molecule has 1 nitrogen and oxygen atoms in total. The molecular weight excluding hydrogens is 146 g/mol. The fourth-order valence-corrected chi connectivity index (χ4v) is 2.50. The summed E-state index contributed by atoms with van der Waals surface area (Å²) in [5.74, 6) is 0.932. The summed E-state index contributed by atoms with van der Waals surface area (Å²) in [7, 11) is 0. The Bertz CT molecular complexity index is 121. The van der Waals surface area contributed by atoms with E-state index in [2.05, 4.69) is 6.92 Å². The van der Waals surface area contributed by atoms with Crippen LogP contribution in [0.3, 0.4) is 0 Å². The third-order valence-corrected chi connectivity index (χ3v) is 3.61. The summed E-state index contributed by atoms with van der Waals surface area (Å²) in [5.41, 5.74) is 6.55. The summed E-state index contributed by atoms with van der Waals surface area (Å²) < 4.78 is 0. The molecule has 0 aromatic carbocycles. The summed E-state index contributed by atoms with van der Waals surface area (Å²) in [6.07, 6.45) is 5.53. The van der Waals surface area contributed by atoms with Crippen LogP contribution in [0.4, 0.5) is 0 Å². The minimum absolute atomic E-state index is 0. The summed E-state index contributed by atoms with van der Waals surface area (Å²) in [6, 6.07) is 0.557. The predicted octanol–water partition coefficient (Wildman–Crippen LogP) is 1.95. The van der Waals surface area contributed by atoms with Crippen LogP contribution in [-0.2, 0) is 0 Å². The van der Waals surface area contributed by atoms with Gasteiger partial charge in [0.2, 0.25) is 0 Å². The maximum atomic E-state index is 5.91. The molecule has 2 fully saturated rings. The van der Waals surface area contributed by atoms with Gasteiger partial charge in [-0.05, 0) is 30.6 Å². The van der Waals surface area contributed by atoms with Crippen LogP contribution in [0, 0.1) is 11.3 Å². The molecule has 0 heterocycles. The molecule has 2 N–H and O–H groups in total. The second-order valence-electron chi connectivity index (χ2n) is 3.83. The van der Waals surface area contributed by atoms with Crippen molar-refractivity contribution in [3.05, 3.63) is 0 Å². The Balaban J connectivity index is 0.000000500. The zero-order valence-electron chi connectivity index (χ0n) is 6.47. The Hall–Kier alpha value is 0.250. The number of halogens is 1. The lowest BCUT2D eigenvalue weighted by atomic mass is 9.48. The van der Waals surface area contributed by atoms with E-state index in [1.165, 1.54) is 25.7 Å². The van der Waals surface area contributed by atoms with Gasteiger partial charge in [-0.3, -0.25) is 0 Å². The monoisotopic (exact) mass is 161 g/mol. The van der Waals surface area contributed by atoms with Crippen molar-refractivity contribution in [1.82, 2.24) is 0 Å². The SMILES string of the molecule is CC1CC(N)C12CCC2.Cl. The molecule has 10 heavy (non-hydrogen) atoms. The lowest BCUT2D eigenvalue weighted by Gasteiger charge is -2.59. The van der Waals surface area contributed by atoms with Gasteiger partial charge in [0.25, 0.3) is 0 Å². The van der Waals surface area contributed by atoms with Crippen LogP contribution in [0.15, 0.2) is 0 Å². The Morgan fingerprint density at radius 3 is 2.10 bits per heavy atom. The van der Waals surface area contributed by atoms with Gasteiger partial charge in [0.05, 0.1) is 0 Å². The molecule has 2 atom stereocenters. The van der Waals surface area contributed by atoms with E-state index in [4.69, 9.17) is 5.73 Å². The van der Waals surface area contributed by atoms with E-state index in [0.717, 1.165) is 5.92 Å². The second-order valence-corrected chi connectivity index (χ2v) is 3.83. The second kappa shape index (κ2) is 2.38. The number of hydrogen-bond acceptors (Lipinski definition) is 1. The number of rotatable bonds is 0. The highest BCUT2D eigenvalue weighted by Crippen LogP contribution is 2.58. The van der Waals surface area contributed by atoms with Gasteiger partial charge in [0, 0.05) is 6.04 Å². The van der Waals surface area contributed by atoms with Gasteiger partial charge < -0.3 is 5.73 Å². The Morgan fingerprint density at radius 1 is 1.40 bits per heavy atom. The van der Waals surface area contributed by atoms with Crippen LogP contribution < -0.4 is 5.73 Å². The van der Waals surface area contributed by atoms with Gasteiger partial charge >= 0.3 is 0 Å². The van der Waals surface area contributed by atoms with E-state index in [0.29, 0.717) is 11.5 Å². The quantitative estimate of drug-likeness (QED) is 0.578. The van der Waals surface area contributed by atoms with Gasteiger partial charge in [-0.15, -0.1) is 12.4 Å². The van der Waals surface area contributed by atoms with Crippen molar-refractivity contribution in [1.29, 1.82) is 0 Å². The van der Waals surface area contributed by atoms with Crippen molar-refractivity contribution in [3.63, 3.8) is 0 Å². The zero-order valence-corrected chi connectivity index (χ0v) is 7.29. The maximum Gasteiger partial charge on any atom is 0.0101 e. The molecule has 2 heteroatoms. The fourth-order valence-electron chi connectivity index (χ4n) is 2.50. The van der Waals surface area contributed by atoms with Crippen molar-refractivity contribution < 1.29 is 0 Å². The normalized spacial score (nSPS) is 41.4. The number of nitrogens with two attached hydrogens (primary N) is 1. The first kappa shape index (κ1) is 8.35. The summed E-state index contributed by atoms with van der Waals surface area (Å²) >= 11 is 0. The van der Waals surface area contributed by atoms with Crippen LogP contribution in [0.25, 0.3) is 0 Å². The van der Waals surface area contributed by atoms with E-state index in [-0.39, 0.29) is 12.4 Å². The Labute approximate surface area is 68.8 Å². The average molecular weight is 162 g/mol. The minimum Gasteiger partial charge on any atom is -0.327 e. The first-order valence-corrected chi connectivity index (χ1v) is 4.01. The lowest BCUT2D eigenvalue weighted by Crippen LogP contribution is -2.60. The van der Waals surface area contributed by atoms with Crippen LogP contribution >= 0.6 is 12.4 Å². The van der Waals surface area contributed by atoms with Crippen molar-refractivity contribution >= 4 is 12.4 Å². The molecule has 2 aliphatic rings. The molecule has 0 amide bonds. The molecule has 0 aromatic heterocycles. The van der Waals surface area contributed by atoms with E-state index in [1.807, 2.05) is 0 Å². The topological polar surface area (TPSA) is 26.0 Å². The van der Waals surface area contributed by atoms with Gasteiger partial charge in [-0.1, -0.05) is 13.3 Å². The van der Waals surface area contributed by atoms with Crippen molar-refractivity contribution in [2.75, 3.05) is 0 Å². The van der Waals surface area contributed by atoms with Gasteiger partial charge in [0.15, 0.2) is 0 Å². The van der Waals surface area contributed by atoms with Crippen molar-refractivity contribution in [2.45, 2.75) is 38.6 Å². The minimum atomic E-state index is 0. The first-order chi connectivity index (χ1) is 4.26. The van der Waals surface area contributed by atoms with Gasteiger partial charge in [-0.2, -0.15) is 0 Å². The molecule has 0 bridgehead atoms. The largest absolute Gasteiger partial charge is 0.327 e. The highest BCUT2D eigenvalue weighted by atomic mass is 35.5. The Kier molecular flexibility index (Phi) is 1.99. The smallest absolute Gasteiger partial charge is 0.0101 e. The Morgan fingerprint density at radius 2 is 2.00 bits per heavy atom. The van der Waals surface area contributed by atoms with Crippen LogP contribution in [0.5, 0.6) is 0 Å². The molecule has 0 aliphatic heterocycles. The zero-order chi connectivity index (χ0) is 6.48. The van der Waals surface area contributed by atoms with Crippen molar-refractivity contribution in [3.8, 4) is 0 Å². The molecule has 2 rings (SSSR count). The lowest BCUT2D eigenvalue weighted by molar-refractivity contribution is -0.0628. The predicted molar refractivity (Wildman–Crippen MR) is 45.3 cm³/mol. The van der Waals surface area contributed by atoms with E-state index >= 15 is 0 Å². The van der Waals surface area contributed by atoms with Gasteiger partial charge in [-0.25, -0.2) is 0 Å². The molecule has 60 valence electrons. The van der Waals surface area contributed by atoms with Crippen LogP contribution in [0.1, 0.15) is 32.6 Å². The molecule has 2 aliphatic carbocycles. The van der Waals surface area contributed by atoms with Crippen LogP contribution in [-0.4, -0.2) is 6.04 Å².